The number of aromatic nitrogens is 1. The Morgan fingerprint density at radius 1 is 1.08 bits per heavy atom. The van der Waals surface area contributed by atoms with E-state index in [9.17, 15) is 4.79 Å². The van der Waals surface area contributed by atoms with Crippen molar-refractivity contribution in [1.82, 2.24) is 9.88 Å². The minimum Gasteiger partial charge on any atom is -0.370 e. The Balaban J connectivity index is 1.50. The van der Waals surface area contributed by atoms with Gasteiger partial charge in [0.2, 0.25) is 0 Å². The van der Waals surface area contributed by atoms with Gasteiger partial charge in [-0.1, -0.05) is 31.2 Å². The molecule has 130 valence electrons. The van der Waals surface area contributed by atoms with Crippen molar-refractivity contribution in [2.75, 3.05) is 24.5 Å². The predicted molar refractivity (Wildman–Crippen MR) is 99.7 cm³/mol. The summed E-state index contributed by atoms with van der Waals surface area (Å²) in [6.45, 7) is 5.89. The topological polar surface area (TPSA) is 36.4 Å². The Hall–Kier alpha value is -2.36. The highest BCUT2D eigenvalue weighted by molar-refractivity contribution is 5.95. The van der Waals surface area contributed by atoms with E-state index in [1.165, 1.54) is 24.0 Å². The van der Waals surface area contributed by atoms with Gasteiger partial charge in [0.05, 0.1) is 17.4 Å². The van der Waals surface area contributed by atoms with Gasteiger partial charge in [-0.25, -0.2) is 0 Å². The van der Waals surface area contributed by atoms with Crippen LogP contribution in [0.2, 0.25) is 0 Å². The molecule has 0 spiro atoms. The van der Waals surface area contributed by atoms with Gasteiger partial charge in [0, 0.05) is 32.4 Å². The average Bonchev–Trinajstić information content (AvgIpc) is 2.68. The van der Waals surface area contributed by atoms with E-state index in [1.54, 1.807) is 6.20 Å². The molecule has 3 heterocycles. The Kier molecular flexibility index (Phi) is 4.43. The zero-order chi connectivity index (χ0) is 17.2. The molecule has 1 aromatic heterocycles. The van der Waals surface area contributed by atoms with Gasteiger partial charge in [0.25, 0.3) is 5.91 Å². The lowest BCUT2D eigenvalue weighted by atomic mass is 9.98. The summed E-state index contributed by atoms with van der Waals surface area (Å²) in [6.07, 6.45) is 6.94. The fourth-order valence-electron chi connectivity index (χ4n) is 3.84. The highest BCUT2D eigenvalue weighted by Crippen LogP contribution is 2.25. The number of hydrogen-bond acceptors (Lipinski definition) is 3. The molecule has 2 aliphatic heterocycles. The molecule has 4 nitrogen and oxygen atoms in total. The van der Waals surface area contributed by atoms with Crippen LogP contribution in [-0.4, -0.2) is 35.4 Å². The Bertz CT molecular complexity index is 765. The molecular weight excluding hydrogens is 310 g/mol. The minimum atomic E-state index is 0.0919. The number of amides is 1. The van der Waals surface area contributed by atoms with Crippen molar-refractivity contribution < 1.29 is 4.79 Å². The first kappa shape index (κ1) is 16.1. The number of nitrogens with zero attached hydrogens (tertiary/aromatic N) is 3. The van der Waals surface area contributed by atoms with Crippen LogP contribution in [0, 0.1) is 5.92 Å². The van der Waals surface area contributed by atoms with Gasteiger partial charge in [0.1, 0.15) is 0 Å². The van der Waals surface area contributed by atoms with Gasteiger partial charge in [0.15, 0.2) is 0 Å². The molecular formula is C21H25N3O. The normalized spacial score (nSPS) is 18.1. The van der Waals surface area contributed by atoms with Gasteiger partial charge < -0.3 is 9.80 Å². The average molecular weight is 335 g/mol. The van der Waals surface area contributed by atoms with Gasteiger partial charge in [-0.2, -0.15) is 0 Å². The lowest BCUT2D eigenvalue weighted by Crippen LogP contribution is -2.36. The van der Waals surface area contributed by atoms with Gasteiger partial charge in [-0.3, -0.25) is 9.78 Å². The van der Waals surface area contributed by atoms with Crippen LogP contribution in [0.4, 0.5) is 5.69 Å². The molecule has 0 radical (unpaired) electrons. The lowest BCUT2D eigenvalue weighted by Gasteiger charge is -2.32. The van der Waals surface area contributed by atoms with Crippen molar-refractivity contribution in [2.24, 2.45) is 5.92 Å². The molecule has 1 aromatic carbocycles. The number of hydrogen-bond donors (Lipinski definition) is 0. The first-order valence-corrected chi connectivity index (χ1v) is 9.27. The molecule has 1 amide bonds. The van der Waals surface area contributed by atoms with E-state index in [1.807, 2.05) is 23.2 Å². The summed E-state index contributed by atoms with van der Waals surface area (Å²) in [7, 11) is 0. The predicted octanol–water partition coefficient (Wildman–Crippen LogP) is 3.52. The second-order valence-corrected chi connectivity index (χ2v) is 7.35. The number of carbonyl (C=O) groups excluding carboxylic acids is 1. The van der Waals surface area contributed by atoms with Crippen LogP contribution >= 0.6 is 0 Å². The molecule has 0 saturated carbocycles. The first-order valence-electron chi connectivity index (χ1n) is 9.27. The molecule has 0 atom stereocenters. The molecule has 0 N–H and O–H groups in total. The smallest absolute Gasteiger partial charge is 0.255 e. The lowest BCUT2D eigenvalue weighted by molar-refractivity contribution is 0.0734. The monoisotopic (exact) mass is 335 g/mol. The molecule has 0 bridgehead atoms. The molecule has 4 heteroatoms. The van der Waals surface area contributed by atoms with Crippen LogP contribution in [0.15, 0.2) is 42.7 Å². The molecule has 1 fully saturated rings. The Labute approximate surface area is 149 Å². The molecule has 0 unspecified atom stereocenters. The number of benzene rings is 1. The molecule has 0 aliphatic carbocycles. The van der Waals surface area contributed by atoms with Gasteiger partial charge >= 0.3 is 0 Å². The Morgan fingerprint density at radius 3 is 2.64 bits per heavy atom. The second-order valence-electron chi connectivity index (χ2n) is 7.35. The third-order valence-electron chi connectivity index (χ3n) is 5.54. The maximum absolute atomic E-state index is 13.0. The molecule has 4 rings (SSSR count). The van der Waals surface area contributed by atoms with Crippen molar-refractivity contribution in [3.05, 3.63) is 59.4 Å². The minimum absolute atomic E-state index is 0.0919. The summed E-state index contributed by atoms with van der Waals surface area (Å²) < 4.78 is 0. The summed E-state index contributed by atoms with van der Waals surface area (Å²) in [5, 5.41) is 0. The summed E-state index contributed by atoms with van der Waals surface area (Å²) in [4.78, 5) is 21.6. The van der Waals surface area contributed by atoms with E-state index in [-0.39, 0.29) is 5.91 Å². The largest absolute Gasteiger partial charge is 0.370 e. The number of fused-ring (bicyclic) bond motifs is 1. The summed E-state index contributed by atoms with van der Waals surface area (Å²) >= 11 is 0. The van der Waals surface area contributed by atoms with Crippen molar-refractivity contribution in [2.45, 2.75) is 32.7 Å². The van der Waals surface area contributed by atoms with E-state index in [0.29, 0.717) is 12.1 Å². The quantitative estimate of drug-likeness (QED) is 0.842. The third-order valence-corrected chi connectivity index (χ3v) is 5.54. The SMILES string of the molecule is CC1CCN(c2cncc(C(=O)N3CCc4ccccc4C3)c2)CC1. The highest BCUT2D eigenvalue weighted by atomic mass is 16.2. The van der Waals surface area contributed by atoms with Crippen LogP contribution in [0.5, 0.6) is 0 Å². The highest BCUT2D eigenvalue weighted by Gasteiger charge is 2.23. The van der Waals surface area contributed by atoms with Gasteiger partial charge in [-0.05, 0) is 42.4 Å². The standard InChI is InChI=1S/C21H25N3O/c1-16-6-9-23(10-7-16)20-12-19(13-22-14-20)21(25)24-11-8-17-4-2-3-5-18(17)15-24/h2-5,12-14,16H,6-11,15H2,1H3. The number of pyridine rings is 1. The van der Waals surface area contributed by atoms with Crippen LogP contribution in [-0.2, 0) is 13.0 Å². The van der Waals surface area contributed by atoms with Crippen LogP contribution in [0.25, 0.3) is 0 Å². The molecule has 25 heavy (non-hydrogen) atoms. The van der Waals surface area contributed by atoms with Crippen molar-refractivity contribution in [1.29, 1.82) is 0 Å². The zero-order valence-electron chi connectivity index (χ0n) is 14.8. The van der Waals surface area contributed by atoms with Crippen LogP contribution < -0.4 is 4.90 Å². The van der Waals surface area contributed by atoms with E-state index in [2.05, 4.69) is 35.0 Å². The first-order chi connectivity index (χ1) is 12.2. The van der Waals surface area contributed by atoms with E-state index in [0.717, 1.165) is 37.7 Å². The van der Waals surface area contributed by atoms with Gasteiger partial charge in [-0.15, -0.1) is 0 Å². The number of piperidine rings is 1. The number of carbonyl (C=O) groups is 1. The molecule has 2 aliphatic rings. The summed E-state index contributed by atoms with van der Waals surface area (Å²) in [6, 6.07) is 10.4. The van der Waals surface area contributed by atoms with Crippen molar-refractivity contribution >= 4 is 11.6 Å². The Morgan fingerprint density at radius 2 is 1.84 bits per heavy atom. The number of anilines is 1. The third kappa shape index (κ3) is 3.39. The van der Waals surface area contributed by atoms with Crippen LogP contribution in [0.3, 0.4) is 0 Å². The fourth-order valence-corrected chi connectivity index (χ4v) is 3.84. The molecule has 2 aromatic rings. The second kappa shape index (κ2) is 6.87. The summed E-state index contributed by atoms with van der Waals surface area (Å²) in [5.41, 5.74) is 4.41. The maximum Gasteiger partial charge on any atom is 0.255 e. The van der Waals surface area contributed by atoms with Crippen LogP contribution in [0.1, 0.15) is 41.3 Å². The van der Waals surface area contributed by atoms with Crippen molar-refractivity contribution in [3.63, 3.8) is 0 Å². The van der Waals surface area contributed by atoms with E-state index < -0.39 is 0 Å². The summed E-state index contributed by atoms with van der Waals surface area (Å²) in [5.74, 6) is 0.886. The number of rotatable bonds is 2. The fraction of sp³-hybridized carbons (Fsp3) is 0.429. The van der Waals surface area contributed by atoms with E-state index >= 15 is 0 Å². The van der Waals surface area contributed by atoms with E-state index in [4.69, 9.17) is 0 Å². The van der Waals surface area contributed by atoms with Crippen molar-refractivity contribution in [3.8, 4) is 0 Å². The maximum atomic E-state index is 13.0. The molecule has 1 saturated heterocycles. The zero-order valence-corrected chi connectivity index (χ0v) is 14.8.